The van der Waals surface area contributed by atoms with Crippen LogP contribution in [0.3, 0.4) is 0 Å². The lowest BCUT2D eigenvalue weighted by atomic mass is 9.96. The molecular formula is C21H29BrN2O3. The van der Waals surface area contributed by atoms with Crippen LogP contribution in [-0.4, -0.2) is 46.5 Å². The van der Waals surface area contributed by atoms with Gasteiger partial charge < -0.3 is 14.5 Å². The van der Waals surface area contributed by atoms with Crippen LogP contribution in [0.25, 0.3) is 0 Å². The molecular weight excluding hydrogens is 408 g/mol. The molecule has 1 aromatic carbocycles. The molecule has 0 unspecified atom stereocenters. The molecule has 1 aliphatic heterocycles. The maximum absolute atomic E-state index is 13.2. The zero-order chi connectivity index (χ0) is 19.6. The van der Waals surface area contributed by atoms with Gasteiger partial charge in [-0.2, -0.15) is 0 Å². The van der Waals surface area contributed by atoms with Crippen LogP contribution in [0, 0.1) is 5.92 Å². The van der Waals surface area contributed by atoms with Gasteiger partial charge >= 0.3 is 6.09 Å². The molecule has 0 bridgehead atoms. The summed E-state index contributed by atoms with van der Waals surface area (Å²) < 4.78 is 6.53. The normalized spacial score (nSPS) is 20.3. The molecule has 0 N–H and O–H groups in total. The molecule has 27 heavy (non-hydrogen) atoms. The van der Waals surface area contributed by atoms with E-state index >= 15 is 0 Å². The number of hydrogen-bond acceptors (Lipinski definition) is 3. The Morgan fingerprint density at radius 2 is 1.85 bits per heavy atom. The molecule has 0 aromatic heterocycles. The second-order valence-electron chi connectivity index (χ2n) is 8.59. The summed E-state index contributed by atoms with van der Waals surface area (Å²) in [5.41, 5.74) is 0.619. The van der Waals surface area contributed by atoms with Crippen molar-refractivity contribution < 1.29 is 14.3 Å². The lowest BCUT2D eigenvalue weighted by molar-refractivity contribution is -0.138. The largest absolute Gasteiger partial charge is 0.444 e. The summed E-state index contributed by atoms with van der Waals surface area (Å²) in [6.45, 7) is 7.35. The molecule has 1 saturated carbocycles. The van der Waals surface area contributed by atoms with Crippen molar-refractivity contribution in [3.63, 3.8) is 0 Å². The highest BCUT2D eigenvalue weighted by Gasteiger charge is 2.38. The number of likely N-dealkylation sites (tertiary alicyclic amines) is 1. The van der Waals surface area contributed by atoms with E-state index in [1.54, 1.807) is 4.90 Å². The van der Waals surface area contributed by atoms with E-state index in [-0.39, 0.29) is 17.9 Å². The van der Waals surface area contributed by atoms with Crippen LogP contribution >= 0.6 is 15.9 Å². The van der Waals surface area contributed by atoms with E-state index in [9.17, 15) is 9.59 Å². The predicted molar refractivity (Wildman–Crippen MR) is 108 cm³/mol. The van der Waals surface area contributed by atoms with Crippen molar-refractivity contribution in [2.45, 2.75) is 64.6 Å². The molecule has 1 heterocycles. The molecule has 148 valence electrons. The van der Waals surface area contributed by atoms with E-state index in [1.807, 2.05) is 37.8 Å². The van der Waals surface area contributed by atoms with Crippen molar-refractivity contribution in [1.82, 2.24) is 9.80 Å². The molecule has 3 rings (SSSR count). The average Bonchev–Trinajstić information content (AvgIpc) is 3.44. The molecule has 5 nitrogen and oxygen atoms in total. The average molecular weight is 437 g/mol. The van der Waals surface area contributed by atoms with Gasteiger partial charge in [0.1, 0.15) is 5.60 Å². The molecule has 2 amide bonds. The fourth-order valence-electron chi connectivity index (χ4n) is 3.47. The first-order valence-corrected chi connectivity index (χ1v) is 10.5. The molecule has 1 atom stereocenters. The molecule has 1 aliphatic carbocycles. The molecule has 1 aromatic rings. The van der Waals surface area contributed by atoms with Gasteiger partial charge in [0.15, 0.2) is 0 Å². The monoisotopic (exact) mass is 436 g/mol. The quantitative estimate of drug-likeness (QED) is 0.693. The Labute approximate surface area is 170 Å². The number of hydrogen-bond donors (Lipinski definition) is 0. The number of carbonyl (C=O) groups is 2. The predicted octanol–water partition coefficient (Wildman–Crippen LogP) is 4.59. The van der Waals surface area contributed by atoms with Gasteiger partial charge in [-0.3, -0.25) is 4.79 Å². The van der Waals surface area contributed by atoms with Crippen LogP contribution in [0.4, 0.5) is 4.79 Å². The van der Waals surface area contributed by atoms with Crippen LogP contribution in [0.15, 0.2) is 28.7 Å². The number of ether oxygens (including phenoxy) is 1. The highest BCUT2D eigenvalue weighted by Crippen LogP contribution is 2.32. The third-order valence-electron chi connectivity index (χ3n) is 4.96. The van der Waals surface area contributed by atoms with Crippen molar-refractivity contribution in [2.24, 2.45) is 5.92 Å². The Kier molecular flexibility index (Phi) is 6.14. The number of amides is 2. The van der Waals surface area contributed by atoms with Gasteiger partial charge in [-0.15, -0.1) is 0 Å². The van der Waals surface area contributed by atoms with Crippen LogP contribution < -0.4 is 0 Å². The third-order valence-corrected chi connectivity index (χ3v) is 5.49. The zero-order valence-corrected chi connectivity index (χ0v) is 18.0. The Hall–Kier alpha value is -1.56. The summed E-state index contributed by atoms with van der Waals surface area (Å²) in [4.78, 5) is 29.4. The van der Waals surface area contributed by atoms with Gasteiger partial charge in [0.05, 0.1) is 5.92 Å². The van der Waals surface area contributed by atoms with Gasteiger partial charge in [0.2, 0.25) is 5.91 Å². The van der Waals surface area contributed by atoms with Crippen molar-refractivity contribution in [3.05, 3.63) is 34.3 Å². The standard InChI is InChI=1S/C21H29BrN2O3/c1-21(2,3)27-20(26)23-12-4-5-16(14-23)19(25)24(18-10-11-18)13-15-6-8-17(22)9-7-15/h6-9,16,18H,4-5,10-14H2,1-3H3/t16-/m0/s1. The molecule has 0 spiro atoms. The number of rotatable bonds is 4. The Morgan fingerprint density at radius 3 is 2.44 bits per heavy atom. The summed E-state index contributed by atoms with van der Waals surface area (Å²) in [5, 5.41) is 0. The molecule has 0 radical (unpaired) electrons. The molecule has 6 heteroatoms. The smallest absolute Gasteiger partial charge is 0.410 e. The minimum absolute atomic E-state index is 0.137. The maximum Gasteiger partial charge on any atom is 0.410 e. The first-order valence-electron chi connectivity index (χ1n) is 9.76. The van der Waals surface area contributed by atoms with Crippen LogP contribution in [0.2, 0.25) is 0 Å². The van der Waals surface area contributed by atoms with Crippen molar-refractivity contribution >= 4 is 27.9 Å². The van der Waals surface area contributed by atoms with Crippen LogP contribution in [0.5, 0.6) is 0 Å². The summed E-state index contributed by atoms with van der Waals surface area (Å²) in [6.07, 6.45) is 3.51. The minimum Gasteiger partial charge on any atom is -0.444 e. The summed E-state index contributed by atoms with van der Waals surface area (Å²) in [7, 11) is 0. The third kappa shape index (κ3) is 5.71. The van der Waals surface area contributed by atoms with Gasteiger partial charge in [-0.05, 0) is 64.2 Å². The number of benzene rings is 1. The van der Waals surface area contributed by atoms with Crippen molar-refractivity contribution in [2.75, 3.05) is 13.1 Å². The zero-order valence-electron chi connectivity index (χ0n) is 16.4. The molecule has 1 saturated heterocycles. The second kappa shape index (κ2) is 8.21. The first kappa shape index (κ1) is 20.2. The van der Waals surface area contributed by atoms with Gasteiger partial charge in [-0.1, -0.05) is 28.1 Å². The Bertz CT molecular complexity index is 680. The van der Waals surface area contributed by atoms with E-state index < -0.39 is 5.60 Å². The number of halogens is 1. The highest BCUT2D eigenvalue weighted by molar-refractivity contribution is 9.10. The van der Waals surface area contributed by atoms with E-state index in [0.29, 0.717) is 25.7 Å². The molecule has 2 fully saturated rings. The van der Waals surface area contributed by atoms with Crippen molar-refractivity contribution in [1.29, 1.82) is 0 Å². The number of piperidine rings is 1. The summed E-state index contributed by atoms with van der Waals surface area (Å²) in [6, 6.07) is 8.48. The Balaban J connectivity index is 1.65. The minimum atomic E-state index is -0.518. The first-order chi connectivity index (χ1) is 12.7. The van der Waals surface area contributed by atoms with E-state index in [0.717, 1.165) is 35.7 Å². The molecule has 2 aliphatic rings. The number of nitrogens with zero attached hydrogens (tertiary/aromatic N) is 2. The maximum atomic E-state index is 13.2. The fourth-order valence-corrected chi connectivity index (χ4v) is 3.73. The van der Waals surface area contributed by atoms with Crippen LogP contribution in [0.1, 0.15) is 52.0 Å². The van der Waals surface area contributed by atoms with E-state index in [4.69, 9.17) is 4.74 Å². The highest BCUT2D eigenvalue weighted by atomic mass is 79.9. The lowest BCUT2D eigenvalue weighted by Gasteiger charge is -2.36. The van der Waals surface area contributed by atoms with E-state index in [1.165, 1.54) is 0 Å². The summed E-state index contributed by atoms with van der Waals surface area (Å²) in [5.74, 6) is 0.0380. The fraction of sp³-hybridized carbons (Fsp3) is 0.619. The second-order valence-corrected chi connectivity index (χ2v) is 9.50. The van der Waals surface area contributed by atoms with Gasteiger partial charge in [0.25, 0.3) is 0 Å². The van der Waals surface area contributed by atoms with E-state index in [2.05, 4.69) is 28.1 Å². The number of carbonyl (C=O) groups excluding carboxylic acids is 2. The summed E-state index contributed by atoms with van der Waals surface area (Å²) >= 11 is 3.46. The van der Waals surface area contributed by atoms with Gasteiger partial charge in [0, 0.05) is 30.1 Å². The van der Waals surface area contributed by atoms with Crippen molar-refractivity contribution in [3.8, 4) is 0 Å². The van der Waals surface area contributed by atoms with Gasteiger partial charge in [-0.25, -0.2) is 4.79 Å². The van der Waals surface area contributed by atoms with Crippen LogP contribution in [-0.2, 0) is 16.1 Å². The lowest BCUT2D eigenvalue weighted by Crippen LogP contribution is -2.48. The Morgan fingerprint density at radius 1 is 1.19 bits per heavy atom. The topological polar surface area (TPSA) is 49.9 Å². The SMILES string of the molecule is CC(C)(C)OC(=O)N1CCC[C@H](C(=O)N(Cc2ccc(Br)cc2)C2CC2)C1.